The number of amides is 1. The van der Waals surface area contributed by atoms with E-state index >= 15 is 0 Å². The second-order valence-corrected chi connectivity index (χ2v) is 3.62. The maximum Gasteiger partial charge on any atom is 0.323 e. The Balaban J connectivity index is 2.27. The number of hydrogen-bond acceptors (Lipinski definition) is 5. The van der Waals surface area contributed by atoms with Crippen molar-refractivity contribution in [2.45, 2.75) is 6.92 Å². The summed E-state index contributed by atoms with van der Waals surface area (Å²) in [6.45, 7) is 1.41. The Kier molecular flexibility index (Phi) is 3.69. The molecule has 1 amide bonds. The lowest BCUT2D eigenvalue weighted by Gasteiger charge is -2.09. The van der Waals surface area contributed by atoms with E-state index in [9.17, 15) is 4.79 Å². The van der Waals surface area contributed by atoms with Crippen LogP contribution < -0.4 is 10.1 Å². The molecule has 94 valence electrons. The van der Waals surface area contributed by atoms with Crippen molar-refractivity contribution in [1.82, 2.24) is 9.97 Å². The first-order chi connectivity index (χ1) is 9.19. The van der Waals surface area contributed by atoms with E-state index in [0.717, 1.165) is 0 Å². The highest BCUT2D eigenvalue weighted by Crippen LogP contribution is 2.27. The molecule has 0 bridgehead atoms. The van der Waals surface area contributed by atoms with Gasteiger partial charge in [-0.05, 0) is 18.2 Å². The van der Waals surface area contributed by atoms with Gasteiger partial charge in [0.05, 0.1) is 5.69 Å². The number of para-hydroxylation sites is 2. The summed E-state index contributed by atoms with van der Waals surface area (Å²) in [6, 6.07) is 10.3. The first-order valence-electron chi connectivity index (χ1n) is 5.46. The Bertz CT molecular complexity index is 649. The number of aromatic nitrogens is 2. The van der Waals surface area contributed by atoms with E-state index < -0.39 is 0 Å². The summed E-state index contributed by atoms with van der Waals surface area (Å²) in [5, 5.41) is 11.4. The summed E-state index contributed by atoms with van der Waals surface area (Å²) in [7, 11) is 0. The molecule has 1 aromatic heterocycles. The van der Waals surface area contributed by atoms with Gasteiger partial charge < -0.3 is 10.1 Å². The molecule has 19 heavy (non-hydrogen) atoms. The summed E-state index contributed by atoms with van der Waals surface area (Å²) in [5.41, 5.74) is 0.725. The van der Waals surface area contributed by atoms with Crippen LogP contribution in [0, 0.1) is 11.3 Å². The van der Waals surface area contributed by atoms with Crippen LogP contribution in [0.4, 0.5) is 5.69 Å². The van der Waals surface area contributed by atoms with Crippen LogP contribution in [-0.4, -0.2) is 15.9 Å². The lowest BCUT2D eigenvalue weighted by atomic mass is 10.3. The molecule has 0 fully saturated rings. The minimum absolute atomic E-state index is 0.0526. The zero-order valence-corrected chi connectivity index (χ0v) is 10.1. The van der Waals surface area contributed by atoms with Crippen molar-refractivity contribution in [1.29, 1.82) is 5.26 Å². The van der Waals surface area contributed by atoms with Crippen LogP contribution >= 0.6 is 0 Å². The summed E-state index contributed by atoms with van der Waals surface area (Å²) >= 11 is 0. The second-order valence-electron chi connectivity index (χ2n) is 3.62. The maximum absolute atomic E-state index is 11.1. The summed E-state index contributed by atoms with van der Waals surface area (Å²) in [4.78, 5) is 18.9. The van der Waals surface area contributed by atoms with Gasteiger partial charge in [0.2, 0.25) is 5.91 Å². The number of nitrogens with zero attached hydrogens (tertiary/aromatic N) is 3. The minimum Gasteiger partial charge on any atom is -0.422 e. The van der Waals surface area contributed by atoms with Gasteiger partial charge in [-0.2, -0.15) is 10.2 Å². The Morgan fingerprint density at radius 3 is 2.89 bits per heavy atom. The molecule has 0 radical (unpaired) electrons. The number of nitrogens with one attached hydrogen (secondary N) is 1. The number of nitriles is 1. The standard InChI is InChI=1S/C13H10N4O2/c1-9(18)16-11-4-2-3-5-12(11)19-13-15-7-6-10(8-14)17-13/h2-7H,1H3,(H,16,18). The minimum atomic E-state index is -0.206. The Labute approximate surface area is 109 Å². The summed E-state index contributed by atoms with van der Waals surface area (Å²) in [6.07, 6.45) is 1.43. The maximum atomic E-state index is 11.1. The first kappa shape index (κ1) is 12.5. The van der Waals surface area contributed by atoms with Gasteiger partial charge in [-0.15, -0.1) is 0 Å². The van der Waals surface area contributed by atoms with Gasteiger partial charge in [-0.25, -0.2) is 4.98 Å². The molecule has 0 spiro atoms. The van der Waals surface area contributed by atoms with Gasteiger partial charge in [-0.1, -0.05) is 12.1 Å². The quantitative estimate of drug-likeness (QED) is 0.906. The summed E-state index contributed by atoms with van der Waals surface area (Å²) in [5.74, 6) is 0.204. The van der Waals surface area contributed by atoms with Crippen molar-refractivity contribution >= 4 is 11.6 Å². The first-order valence-corrected chi connectivity index (χ1v) is 5.46. The second kappa shape index (κ2) is 5.60. The van der Waals surface area contributed by atoms with Crippen LogP contribution in [0.25, 0.3) is 0 Å². The fourth-order valence-electron chi connectivity index (χ4n) is 1.40. The van der Waals surface area contributed by atoms with Gasteiger partial charge in [0, 0.05) is 13.1 Å². The number of anilines is 1. The molecule has 0 aliphatic carbocycles. The number of carbonyl (C=O) groups excluding carboxylic acids is 1. The highest BCUT2D eigenvalue weighted by atomic mass is 16.5. The molecule has 0 saturated carbocycles. The van der Waals surface area contributed by atoms with Crippen LogP contribution in [-0.2, 0) is 4.79 Å². The molecule has 2 aromatic rings. The van der Waals surface area contributed by atoms with Crippen LogP contribution in [0.15, 0.2) is 36.5 Å². The van der Waals surface area contributed by atoms with Crippen molar-refractivity contribution in [3.63, 3.8) is 0 Å². The molecule has 6 nitrogen and oxygen atoms in total. The number of hydrogen-bond donors (Lipinski definition) is 1. The van der Waals surface area contributed by atoms with Gasteiger partial charge in [-0.3, -0.25) is 4.79 Å². The highest BCUT2D eigenvalue weighted by Gasteiger charge is 2.07. The average Bonchev–Trinajstić information content (AvgIpc) is 2.41. The molecule has 0 saturated heterocycles. The molecular weight excluding hydrogens is 244 g/mol. The predicted octanol–water partition coefficient (Wildman–Crippen LogP) is 2.10. The highest BCUT2D eigenvalue weighted by molar-refractivity contribution is 5.90. The monoisotopic (exact) mass is 254 g/mol. The van der Waals surface area contributed by atoms with Gasteiger partial charge in [0.1, 0.15) is 11.8 Å². The molecule has 0 aliphatic heterocycles. The molecule has 0 aliphatic rings. The molecule has 0 atom stereocenters. The summed E-state index contributed by atoms with van der Waals surface area (Å²) < 4.78 is 5.46. The normalized spacial score (nSPS) is 9.47. The van der Waals surface area contributed by atoms with Crippen molar-refractivity contribution in [2.75, 3.05) is 5.32 Å². The largest absolute Gasteiger partial charge is 0.422 e. The number of rotatable bonds is 3. The zero-order valence-electron chi connectivity index (χ0n) is 10.1. The number of ether oxygens (including phenoxy) is 1. The lowest BCUT2D eigenvalue weighted by molar-refractivity contribution is -0.114. The van der Waals surface area contributed by atoms with Crippen molar-refractivity contribution in [2.24, 2.45) is 0 Å². The van der Waals surface area contributed by atoms with E-state index in [1.807, 2.05) is 6.07 Å². The van der Waals surface area contributed by atoms with Crippen LogP contribution in [0.2, 0.25) is 0 Å². The van der Waals surface area contributed by atoms with E-state index in [4.69, 9.17) is 10.00 Å². The van der Waals surface area contributed by atoms with E-state index in [1.165, 1.54) is 19.2 Å². The van der Waals surface area contributed by atoms with Crippen LogP contribution in [0.1, 0.15) is 12.6 Å². The van der Waals surface area contributed by atoms with E-state index in [2.05, 4.69) is 15.3 Å². The van der Waals surface area contributed by atoms with Crippen molar-refractivity contribution in [3.05, 3.63) is 42.2 Å². The third-order valence-corrected chi connectivity index (χ3v) is 2.15. The van der Waals surface area contributed by atoms with Crippen molar-refractivity contribution in [3.8, 4) is 17.8 Å². The van der Waals surface area contributed by atoms with Crippen LogP contribution in [0.5, 0.6) is 11.8 Å². The molecule has 2 rings (SSSR count). The molecule has 6 heteroatoms. The Hall–Kier alpha value is -2.94. The zero-order chi connectivity index (χ0) is 13.7. The van der Waals surface area contributed by atoms with Gasteiger partial charge in [0.25, 0.3) is 0 Å². The van der Waals surface area contributed by atoms with Gasteiger partial charge >= 0.3 is 6.01 Å². The third kappa shape index (κ3) is 3.26. The average molecular weight is 254 g/mol. The SMILES string of the molecule is CC(=O)Nc1ccccc1Oc1nccc(C#N)n1. The molecular formula is C13H10N4O2. The van der Waals surface area contributed by atoms with Crippen LogP contribution in [0.3, 0.4) is 0 Å². The van der Waals surface area contributed by atoms with E-state index in [0.29, 0.717) is 11.4 Å². The van der Waals surface area contributed by atoms with Crippen molar-refractivity contribution < 1.29 is 9.53 Å². The number of carbonyl (C=O) groups is 1. The van der Waals surface area contributed by atoms with Gasteiger partial charge in [0.15, 0.2) is 5.75 Å². The topological polar surface area (TPSA) is 87.9 Å². The predicted molar refractivity (Wildman–Crippen MR) is 67.6 cm³/mol. The fraction of sp³-hybridized carbons (Fsp3) is 0.0769. The number of benzene rings is 1. The third-order valence-electron chi connectivity index (χ3n) is 2.15. The Morgan fingerprint density at radius 1 is 1.37 bits per heavy atom. The lowest BCUT2D eigenvalue weighted by Crippen LogP contribution is -2.07. The fourth-order valence-corrected chi connectivity index (χ4v) is 1.40. The Morgan fingerprint density at radius 2 is 2.16 bits per heavy atom. The van der Waals surface area contributed by atoms with E-state index in [-0.39, 0.29) is 17.6 Å². The van der Waals surface area contributed by atoms with E-state index in [1.54, 1.807) is 24.3 Å². The molecule has 1 aromatic carbocycles. The smallest absolute Gasteiger partial charge is 0.323 e. The molecule has 1 N–H and O–H groups in total. The molecule has 1 heterocycles. The molecule has 0 unspecified atom stereocenters.